The number of nitrogens with one attached hydrogen (secondary N) is 2. The van der Waals surface area contributed by atoms with Gasteiger partial charge in [-0.1, -0.05) is 13.0 Å². The Labute approximate surface area is 172 Å². The number of carboxylic acid groups (broad SMARTS) is 1. The minimum absolute atomic E-state index is 0.0150. The van der Waals surface area contributed by atoms with Gasteiger partial charge in [-0.15, -0.1) is 0 Å². The molecule has 156 valence electrons. The summed E-state index contributed by atoms with van der Waals surface area (Å²) in [6, 6.07) is 7.19. The largest absolute Gasteiger partial charge is 0.480 e. The van der Waals surface area contributed by atoms with Crippen molar-refractivity contribution in [1.29, 1.82) is 0 Å². The molecule has 0 saturated heterocycles. The smallest absolute Gasteiger partial charge is 0.322 e. The average Bonchev–Trinajstić information content (AvgIpc) is 3.19. The molecule has 3 aromatic rings. The van der Waals surface area contributed by atoms with E-state index in [-0.39, 0.29) is 34.2 Å². The Morgan fingerprint density at radius 1 is 1.13 bits per heavy atom. The van der Waals surface area contributed by atoms with Gasteiger partial charge in [-0.05, 0) is 66.6 Å². The number of hydrogen-bond donors (Lipinski definition) is 3. The van der Waals surface area contributed by atoms with Crippen molar-refractivity contribution in [2.24, 2.45) is 0 Å². The van der Waals surface area contributed by atoms with E-state index in [1.54, 1.807) is 25.3 Å². The topological polar surface area (TPSA) is 82.2 Å². The molecule has 1 heterocycles. The molecule has 3 rings (SSSR count). The molecule has 0 unspecified atom stereocenters. The number of aliphatic carboxylic acids is 1. The van der Waals surface area contributed by atoms with Gasteiger partial charge in [0.25, 0.3) is 0 Å². The normalized spacial score (nSPS) is 11.7. The number of halogens is 2. The van der Waals surface area contributed by atoms with Crippen molar-refractivity contribution in [3.63, 3.8) is 0 Å². The van der Waals surface area contributed by atoms with Crippen LogP contribution in [-0.4, -0.2) is 28.5 Å². The van der Waals surface area contributed by atoms with E-state index >= 15 is 8.78 Å². The summed E-state index contributed by atoms with van der Waals surface area (Å²) in [4.78, 5) is 25.9. The van der Waals surface area contributed by atoms with E-state index in [0.29, 0.717) is 5.56 Å². The zero-order valence-corrected chi connectivity index (χ0v) is 16.9. The number of carboxylic acids is 1. The predicted octanol–water partition coefficient (Wildman–Crippen LogP) is 4.72. The van der Waals surface area contributed by atoms with Crippen LogP contribution in [0.3, 0.4) is 0 Å². The van der Waals surface area contributed by atoms with Gasteiger partial charge in [0.1, 0.15) is 18.2 Å². The lowest BCUT2D eigenvalue weighted by atomic mass is 9.91. The number of hydrogen-bond acceptors (Lipinski definition) is 2. The van der Waals surface area contributed by atoms with Crippen LogP contribution in [0.5, 0.6) is 0 Å². The average molecular weight is 412 g/mol. The predicted molar refractivity (Wildman–Crippen MR) is 112 cm³/mol. The van der Waals surface area contributed by atoms with E-state index in [0.717, 1.165) is 10.9 Å². The second-order valence-corrected chi connectivity index (χ2v) is 7.05. The van der Waals surface area contributed by atoms with Crippen LogP contribution in [0.1, 0.15) is 30.0 Å². The van der Waals surface area contributed by atoms with Crippen LogP contribution < -0.4 is 5.32 Å². The number of carbonyl (C=O) groups is 2. The molecule has 7 heteroatoms. The summed E-state index contributed by atoms with van der Waals surface area (Å²) in [7, 11) is 0. The Hall–Kier alpha value is -3.48. The van der Waals surface area contributed by atoms with Gasteiger partial charge >= 0.3 is 5.97 Å². The lowest BCUT2D eigenvalue weighted by Crippen LogP contribution is -2.30. The number of H-pyrrole nitrogens is 1. The summed E-state index contributed by atoms with van der Waals surface area (Å²) in [5, 5.41) is 11.8. The molecule has 2 aromatic carbocycles. The number of fused-ring (bicyclic) bond motifs is 1. The summed E-state index contributed by atoms with van der Waals surface area (Å²) in [6.07, 6.45) is 3.30. The number of rotatable bonds is 6. The third-order valence-corrected chi connectivity index (χ3v) is 5.13. The molecule has 0 spiro atoms. The molecule has 0 saturated carbocycles. The molecule has 1 amide bonds. The molecule has 0 aliphatic rings. The highest BCUT2D eigenvalue weighted by Crippen LogP contribution is 2.35. The highest BCUT2D eigenvalue weighted by Gasteiger charge is 2.21. The molecule has 1 aromatic heterocycles. The maximum Gasteiger partial charge on any atom is 0.322 e. The maximum atomic E-state index is 15.3. The summed E-state index contributed by atoms with van der Waals surface area (Å²) in [5.41, 5.74) is 2.01. The van der Waals surface area contributed by atoms with Crippen LogP contribution in [0.4, 0.5) is 8.78 Å². The highest BCUT2D eigenvalue weighted by atomic mass is 19.1. The van der Waals surface area contributed by atoms with Crippen molar-refractivity contribution in [3.8, 4) is 11.1 Å². The van der Waals surface area contributed by atoms with Gasteiger partial charge in [0.15, 0.2) is 0 Å². The number of aromatic nitrogens is 1. The molecule has 0 fully saturated rings. The van der Waals surface area contributed by atoms with Gasteiger partial charge in [-0.25, -0.2) is 8.78 Å². The van der Waals surface area contributed by atoms with E-state index < -0.39 is 30.1 Å². The zero-order valence-electron chi connectivity index (χ0n) is 16.9. The summed E-state index contributed by atoms with van der Waals surface area (Å²) < 4.78 is 30.6. The van der Waals surface area contributed by atoms with Gasteiger partial charge in [0.05, 0.1) is 0 Å². The first-order chi connectivity index (χ1) is 14.2. The van der Waals surface area contributed by atoms with Crippen molar-refractivity contribution in [2.75, 3.05) is 6.54 Å². The van der Waals surface area contributed by atoms with Crippen molar-refractivity contribution in [2.45, 2.75) is 27.2 Å². The van der Waals surface area contributed by atoms with E-state index in [1.807, 2.05) is 12.1 Å². The third kappa shape index (κ3) is 3.96. The van der Waals surface area contributed by atoms with Crippen molar-refractivity contribution in [3.05, 3.63) is 64.4 Å². The highest BCUT2D eigenvalue weighted by molar-refractivity contribution is 5.99. The van der Waals surface area contributed by atoms with E-state index in [4.69, 9.17) is 5.11 Å². The second-order valence-electron chi connectivity index (χ2n) is 7.05. The molecule has 0 radical (unpaired) electrons. The Morgan fingerprint density at radius 2 is 1.87 bits per heavy atom. The number of aromatic amines is 1. The standard InChI is InChI=1S/C23H22F2N2O3/c1-4-14(23(30)27-11-19(28)29)10-17-12(2)22(25)20(13(3)21(17)24)16-5-6-18-15(9-16)7-8-26-18/h5-10,26H,4,11H2,1-3H3,(H,27,30)(H,28,29). The fourth-order valence-corrected chi connectivity index (χ4v) is 3.44. The molecule has 0 aliphatic heterocycles. The molecule has 0 bridgehead atoms. The quantitative estimate of drug-likeness (QED) is 0.512. The molecular formula is C23H22F2N2O3. The van der Waals surface area contributed by atoms with Crippen LogP contribution in [0.15, 0.2) is 36.0 Å². The monoisotopic (exact) mass is 412 g/mol. The first-order valence-electron chi connectivity index (χ1n) is 9.50. The fraction of sp³-hybridized carbons (Fsp3) is 0.217. The molecule has 5 nitrogen and oxygen atoms in total. The van der Waals surface area contributed by atoms with Gasteiger partial charge in [-0.2, -0.15) is 0 Å². The SMILES string of the molecule is CCC(=Cc1c(C)c(F)c(-c2ccc3[nH]ccc3c2)c(C)c1F)C(=O)NCC(=O)O. The molecule has 30 heavy (non-hydrogen) atoms. The van der Waals surface area contributed by atoms with Crippen molar-refractivity contribution < 1.29 is 23.5 Å². The Morgan fingerprint density at radius 3 is 2.53 bits per heavy atom. The summed E-state index contributed by atoms with van der Waals surface area (Å²) in [5.74, 6) is -2.99. The van der Waals surface area contributed by atoms with Crippen LogP contribution in [0.25, 0.3) is 28.1 Å². The fourth-order valence-electron chi connectivity index (χ4n) is 3.44. The first kappa shape index (κ1) is 21.2. The molecule has 0 aliphatic carbocycles. The maximum absolute atomic E-state index is 15.3. The molecular weight excluding hydrogens is 390 g/mol. The lowest BCUT2D eigenvalue weighted by molar-refractivity contribution is -0.137. The number of amides is 1. The van der Waals surface area contributed by atoms with Crippen LogP contribution >= 0.6 is 0 Å². The summed E-state index contributed by atoms with van der Waals surface area (Å²) >= 11 is 0. The minimum atomic E-state index is -1.19. The first-order valence-corrected chi connectivity index (χ1v) is 9.50. The Balaban J connectivity index is 2.10. The minimum Gasteiger partial charge on any atom is -0.480 e. The second kappa shape index (κ2) is 8.49. The van der Waals surface area contributed by atoms with E-state index in [1.165, 1.54) is 19.9 Å². The van der Waals surface area contributed by atoms with E-state index in [9.17, 15) is 9.59 Å². The number of benzene rings is 2. The van der Waals surface area contributed by atoms with E-state index in [2.05, 4.69) is 10.3 Å². The van der Waals surface area contributed by atoms with Gasteiger partial charge in [0, 0.05) is 28.4 Å². The Bertz CT molecular complexity index is 1150. The third-order valence-electron chi connectivity index (χ3n) is 5.13. The zero-order chi connectivity index (χ0) is 22.0. The molecule has 0 atom stereocenters. The van der Waals surface area contributed by atoms with Gasteiger partial charge in [-0.3, -0.25) is 9.59 Å². The van der Waals surface area contributed by atoms with Crippen molar-refractivity contribution >= 4 is 28.9 Å². The van der Waals surface area contributed by atoms with Crippen molar-refractivity contribution in [1.82, 2.24) is 10.3 Å². The number of carbonyl (C=O) groups excluding carboxylic acids is 1. The Kier molecular flexibility index (Phi) is 6.01. The molecule has 3 N–H and O–H groups in total. The van der Waals surface area contributed by atoms with Gasteiger partial charge in [0.2, 0.25) is 5.91 Å². The van der Waals surface area contributed by atoms with Crippen LogP contribution in [0, 0.1) is 25.5 Å². The van der Waals surface area contributed by atoms with Crippen LogP contribution in [0.2, 0.25) is 0 Å². The van der Waals surface area contributed by atoms with Gasteiger partial charge < -0.3 is 15.4 Å². The lowest BCUT2D eigenvalue weighted by Gasteiger charge is -2.16. The summed E-state index contributed by atoms with van der Waals surface area (Å²) in [6.45, 7) is 4.10. The van der Waals surface area contributed by atoms with Crippen LogP contribution in [-0.2, 0) is 9.59 Å².